The Balaban J connectivity index is 2.55. The van der Waals surface area contributed by atoms with Crippen molar-refractivity contribution in [2.75, 3.05) is 0 Å². The second kappa shape index (κ2) is 1.64. The van der Waals surface area contributed by atoms with Crippen molar-refractivity contribution in [3.63, 3.8) is 0 Å². The molecule has 0 aromatic rings. The number of rotatable bonds is 0. The quantitative estimate of drug-likeness (QED) is 0.450. The van der Waals surface area contributed by atoms with Crippen LogP contribution in [0.4, 0.5) is 0 Å². The van der Waals surface area contributed by atoms with E-state index in [2.05, 4.69) is 5.32 Å². The van der Waals surface area contributed by atoms with Crippen LogP contribution in [0, 0.1) is 5.41 Å². The molecule has 0 bridgehead atoms. The molecular weight excluding hydrogens is 159 g/mol. The fraction of sp³-hybridized carbons (Fsp3) is 0.333. The molecule has 0 aromatic heterocycles. The molecule has 1 fully saturated rings. The molecule has 0 saturated carbocycles. The van der Waals surface area contributed by atoms with Crippen molar-refractivity contribution in [3.05, 3.63) is 0 Å². The maximum atomic E-state index is 10.2. The summed E-state index contributed by atoms with van der Waals surface area (Å²) >= 11 is 0.122. The molecule has 2 N–H and O–H groups in total. The van der Waals surface area contributed by atoms with Crippen molar-refractivity contribution in [2.45, 2.75) is 5.32 Å². The van der Waals surface area contributed by atoms with Gasteiger partial charge in [0.15, 0.2) is 0 Å². The van der Waals surface area contributed by atoms with Crippen LogP contribution in [0.15, 0.2) is 0 Å². The molecule has 0 radical (unpaired) electrons. The van der Waals surface area contributed by atoms with Gasteiger partial charge in [-0.2, -0.15) is 0 Å². The van der Waals surface area contributed by atoms with Crippen LogP contribution in [0.25, 0.3) is 0 Å². The molecule has 1 aliphatic heterocycles. The first-order valence-corrected chi connectivity index (χ1v) is 3.87. The molecule has 38 valence electrons. The van der Waals surface area contributed by atoms with E-state index in [1.54, 1.807) is 0 Å². The molecular formula is C3H4N2OSe. The van der Waals surface area contributed by atoms with Gasteiger partial charge in [-0.3, -0.25) is 0 Å². The molecule has 7 heavy (non-hydrogen) atoms. The summed E-state index contributed by atoms with van der Waals surface area (Å²) in [5.74, 6) is 0.00463. The van der Waals surface area contributed by atoms with Gasteiger partial charge in [0.2, 0.25) is 0 Å². The zero-order valence-electron chi connectivity index (χ0n) is 3.52. The Morgan fingerprint density at radius 1 is 1.86 bits per heavy atom. The van der Waals surface area contributed by atoms with E-state index in [1.807, 2.05) is 0 Å². The third-order valence-electron chi connectivity index (χ3n) is 0.601. The van der Waals surface area contributed by atoms with Gasteiger partial charge in [0, 0.05) is 0 Å². The van der Waals surface area contributed by atoms with Crippen molar-refractivity contribution in [1.82, 2.24) is 5.32 Å². The Morgan fingerprint density at radius 3 is 2.71 bits per heavy atom. The average Bonchev–Trinajstić information content (AvgIpc) is 1.87. The first-order chi connectivity index (χ1) is 3.29. The van der Waals surface area contributed by atoms with Gasteiger partial charge in [0.25, 0.3) is 0 Å². The number of amidine groups is 1. The molecule has 0 aromatic carbocycles. The van der Waals surface area contributed by atoms with Crippen LogP contribution in [-0.2, 0) is 4.79 Å². The summed E-state index contributed by atoms with van der Waals surface area (Å²) in [5, 5.41) is 9.83. The summed E-state index contributed by atoms with van der Waals surface area (Å²) in [7, 11) is 0. The zero-order valence-corrected chi connectivity index (χ0v) is 5.24. The van der Waals surface area contributed by atoms with Crippen molar-refractivity contribution in [2.24, 2.45) is 0 Å². The number of carbonyl (C=O) groups excluding carboxylic acids is 1. The van der Waals surface area contributed by atoms with E-state index >= 15 is 0 Å². The molecule has 3 nitrogen and oxygen atoms in total. The fourth-order valence-corrected chi connectivity index (χ4v) is 1.46. The second-order valence-corrected chi connectivity index (χ2v) is 3.23. The Bertz CT molecular complexity index is 108. The average molecular weight is 163 g/mol. The van der Waals surface area contributed by atoms with Gasteiger partial charge in [-0.15, -0.1) is 0 Å². The molecule has 1 aliphatic rings. The Labute approximate surface area is 47.1 Å². The van der Waals surface area contributed by atoms with E-state index in [9.17, 15) is 4.79 Å². The SMILES string of the molecule is N=C1NC(=O)C[Se]1. The first kappa shape index (κ1) is 4.81. The number of hydrogen-bond acceptors (Lipinski definition) is 2. The molecule has 1 heterocycles. The van der Waals surface area contributed by atoms with Gasteiger partial charge >= 0.3 is 46.4 Å². The molecule has 0 spiro atoms. The summed E-state index contributed by atoms with van der Waals surface area (Å²) in [6.45, 7) is 0. The predicted molar refractivity (Wildman–Crippen MR) is 26.4 cm³/mol. The van der Waals surface area contributed by atoms with Crippen molar-refractivity contribution >= 4 is 25.6 Å². The van der Waals surface area contributed by atoms with E-state index in [0.717, 1.165) is 0 Å². The first-order valence-electron chi connectivity index (χ1n) is 1.80. The van der Waals surface area contributed by atoms with Crippen LogP contribution in [0.3, 0.4) is 0 Å². The van der Waals surface area contributed by atoms with Crippen LogP contribution in [0.5, 0.6) is 0 Å². The summed E-state index contributed by atoms with van der Waals surface area (Å²) in [6, 6.07) is 0. The molecule has 0 unspecified atom stereocenters. The van der Waals surface area contributed by atoms with Crippen molar-refractivity contribution in [3.8, 4) is 0 Å². The Kier molecular flexibility index (Phi) is 1.13. The predicted octanol–water partition coefficient (Wildman–Crippen LogP) is -0.827. The van der Waals surface area contributed by atoms with Crippen molar-refractivity contribution in [1.29, 1.82) is 5.41 Å². The van der Waals surface area contributed by atoms with Gasteiger partial charge < -0.3 is 0 Å². The van der Waals surface area contributed by atoms with E-state index in [0.29, 0.717) is 10.1 Å². The summed E-state index contributed by atoms with van der Waals surface area (Å²) in [5.41, 5.74) is 0. The standard InChI is InChI=1S/C3H4N2OSe/c4-3-5-2(6)1-7-3/h1H2,(H2,4,5,6). The van der Waals surface area contributed by atoms with E-state index in [4.69, 9.17) is 5.41 Å². The number of hydrogen-bond donors (Lipinski definition) is 2. The van der Waals surface area contributed by atoms with Crippen LogP contribution >= 0.6 is 0 Å². The molecule has 0 atom stereocenters. The van der Waals surface area contributed by atoms with Gasteiger partial charge in [-0.25, -0.2) is 0 Å². The Morgan fingerprint density at radius 2 is 2.57 bits per heavy atom. The normalized spacial score (nSPS) is 20.0. The van der Waals surface area contributed by atoms with E-state index < -0.39 is 0 Å². The van der Waals surface area contributed by atoms with Gasteiger partial charge in [0.05, 0.1) is 0 Å². The van der Waals surface area contributed by atoms with Crippen LogP contribution < -0.4 is 5.32 Å². The summed E-state index contributed by atoms with van der Waals surface area (Å²) in [4.78, 5) is 10.2. The molecule has 1 rings (SSSR count). The Hall–Kier alpha value is -0.341. The number of amides is 1. The van der Waals surface area contributed by atoms with E-state index in [1.165, 1.54) is 0 Å². The van der Waals surface area contributed by atoms with E-state index in [-0.39, 0.29) is 20.9 Å². The third-order valence-corrected chi connectivity index (χ3v) is 2.27. The van der Waals surface area contributed by atoms with Crippen LogP contribution in [0.1, 0.15) is 0 Å². The molecule has 1 saturated heterocycles. The minimum absolute atomic E-state index is 0.00463. The van der Waals surface area contributed by atoms with Crippen molar-refractivity contribution < 1.29 is 4.79 Å². The molecule has 0 aliphatic carbocycles. The number of carbonyl (C=O) groups is 1. The zero-order chi connectivity index (χ0) is 5.28. The second-order valence-electron chi connectivity index (χ2n) is 1.17. The third kappa shape index (κ3) is 1.01. The molecule has 4 heteroatoms. The van der Waals surface area contributed by atoms with Gasteiger partial charge in [-0.1, -0.05) is 0 Å². The summed E-state index contributed by atoms with van der Waals surface area (Å²) < 4.78 is 0.414. The monoisotopic (exact) mass is 164 g/mol. The number of nitrogens with one attached hydrogen (secondary N) is 2. The van der Waals surface area contributed by atoms with Crippen LogP contribution in [-0.4, -0.2) is 25.6 Å². The fourth-order valence-electron chi connectivity index (χ4n) is 0.337. The summed E-state index contributed by atoms with van der Waals surface area (Å²) in [6.07, 6.45) is 0. The molecule has 1 amide bonds. The topological polar surface area (TPSA) is 53.0 Å². The van der Waals surface area contributed by atoms with Crippen LogP contribution in [0.2, 0.25) is 5.32 Å². The maximum absolute atomic E-state index is 10.2. The minimum atomic E-state index is 0.00463. The van der Waals surface area contributed by atoms with Gasteiger partial charge in [0.1, 0.15) is 0 Å². The van der Waals surface area contributed by atoms with Gasteiger partial charge in [-0.05, 0) is 0 Å².